The number of carbonyl (C=O) groups excluding carboxylic acids is 4. The maximum absolute atomic E-state index is 11.5. The topological polar surface area (TPSA) is 121 Å². The number of hydrogen-bond donors (Lipinski definition) is 0. The van der Waals surface area contributed by atoms with Crippen molar-refractivity contribution in [2.24, 2.45) is 0 Å². The summed E-state index contributed by atoms with van der Waals surface area (Å²) in [6.45, 7) is 12.2. The number of rotatable bonds is 6. The van der Waals surface area contributed by atoms with Crippen LogP contribution >= 0.6 is 0 Å². The second-order valence-corrected chi connectivity index (χ2v) is 8.37. The Bertz CT molecular complexity index is 595. The third-order valence-electron chi connectivity index (χ3n) is 4.34. The molecule has 2 aliphatic rings. The molecule has 0 bridgehead atoms. The first-order chi connectivity index (χ1) is 15.0. The Morgan fingerprint density at radius 2 is 1.16 bits per heavy atom. The van der Waals surface area contributed by atoms with E-state index in [9.17, 15) is 19.2 Å². The summed E-state index contributed by atoms with van der Waals surface area (Å²) < 4.78 is 24.2. The van der Waals surface area contributed by atoms with Crippen LogP contribution < -0.4 is 0 Å². The first-order valence-electron chi connectivity index (χ1n) is 10.8. The smallest absolute Gasteiger partial charge is 0.460 e. The van der Waals surface area contributed by atoms with Crippen molar-refractivity contribution in [1.29, 1.82) is 0 Å². The quantitative estimate of drug-likeness (QED) is 0.424. The van der Waals surface area contributed by atoms with E-state index in [0.29, 0.717) is 65.3 Å². The van der Waals surface area contributed by atoms with Gasteiger partial charge in [0.1, 0.15) is 37.8 Å². The van der Waals surface area contributed by atoms with Crippen LogP contribution in [0.15, 0.2) is 0 Å². The lowest BCUT2D eigenvalue weighted by Gasteiger charge is -2.25. The molecule has 0 saturated carbocycles. The van der Waals surface area contributed by atoms with Gasteiger partial charge in [-0.05, 0) is 27.7 Å². The monoisotopic (exact) mass is 460 g/mol. The molecule has 0 amide bonds. The second-order valence-electron chi connectivity index (χ2n) is 8.37. The van der Waals surface area contributed by atoms with Gasteiger partial charge in [0.15, 0.2) is 0 Å². The fraction of sp³-hybridized carbons (Fsp3) is 0.810. The lowest BCUT2D eigenvalue weighted by atomic mass is 10.2. The number of cyclic esters (lactones) is 4. The minimum Gasteiger partial charge on any atom is -0.460 e. The minimum atomic E-state index is -0.623. The van der Waals surface area contributed by atoms with E-state index >= 15 is 0 Å². The first kappa shape index (κ1) is 27.6. The van der Waals surface area contributed by atoms with Gasteiger partial charge in [-0.1, -0.05) is 0 Å². The predicted molar refractivity (Wildman–Crippen MR) is 113 cm³/mol. The van der Waals surface area contributed by atoms with E-state index in [4.69, 9.17) is 23.7 Å². The molecule has 0 spiro atoms. The van der Waals surface area contributed by atoms with E-state index in [1.165, 1.54) is 0 Å². The molecule has 2 fully saturated rings. The number of hydrogen-bond acceptors (Lipinski definition) is 11. The van der Waals surface area contributed by atoms with Crippen LogP contribution in [0.3, 0.4) is 0 Å². The fourth-order valence-corrected chi connectivity index (χ4v) is 2.74. The molecule has 2 saturated heterocycles. The Kier molecular flexibility index (Phi) is 12.6. The second kappa shape index (κ2) is 14.6. The van der Waals surface area contributed by atoms with Crippen LogP contribution in [0.1, 0.15) is 40.5 Å². The summed E-state index contributed by atoms with van der Waals surface area (Å²) in [6.07, 6.45) is -0.364. The largest absolute Gasteiger partial charge is 0.508 e. The van der Waals surface area contributed by atoms with Crippen LogP contribution in [0.25, 0.3) is 0 Å². The highest BCUT2D eigenvalue weighted by Crippen LogP contribution is 2.09. The average molecular weight is 461 g/mol. The fourth-order valence-electron chi connectivity index (χ4n) is 2.74. The molecule has 0 aromatic heterocycles. The molecular weight excluding hydrogens is 424 g/mol. The number of Topliss-reactive ketones (excluding diaryl/α,β-unsaturated/α-hetero) is 1. The summed E-state index contributed by atoms with van der Waals surface area (Å²) in [4.78, 5) is 47.9. The molecule has 0 unspecified atom stereocenters. The molecule has 0 radical (unpaired) electrons. The van der Waals surface area contributed by atoms with Crippen LogP contribution in [0.4, 0.5) is 9.59 Å². The summed E-state index contributed by atoms with van der Waals surface area (Å²) in [5.74, 6) is -0.0487. The third-order valence-corrected chi connectivity index (χ3v) is 4.34. The lowest BCUT2D eigenvalue weighted by Crippen LogP contribution is -2.37. The van der Waals surface area contributed by atoms with Gasteiger partial charge in [-0.2, -0.15) is 0 Å². The maximum Gasteiger partial charge on any atom is 0.508 e. The number of ketones is 1. The van der Waals surface area contributed by atoms with E-state index < -0.39 is 17.9 Å². The van der Waals surface area contributed by atoms with Crippen LogP contribution in [0.5, 0.6) is 0 Å². The first-order valence-corrected chi connectivity index (χ1v) is 10.8. The Morgan fingerprint density at radius 1 is 0.781 bits per heavy atom. The van der Waals surface area contributed by atoms with E-state index in [2.05, 4.69) is 0 Å². The molecule has 0 aliphatic carbocycles. The van der Waals surface area contributed by atoms with Gasteiger partial charge in [0.25, 0.3) is 0 Å². The van der Waals surface area contributed by atoms with Crippen LogP contribution in [-0.4, -0.2) is 105 Å². The molecule has 0 aromatic rings. The van der Waals surface area contributed by atoms with Gasteiger partial charge >= 0.3 is 18.3 Å². The van der Waals surface area contributed by atoms with Crippen molar-refractivity contribution in [3.8, 4) is 0 Å². The van der Waals surface area contributed by atoms with Crippen molar-refractivity contribution in [3.05, 3.63) is 0 Å². The highest BCUT2D eigenvalue weighted by Gasteiger charge is 2.18. The van der Waals surface area contributed by atoms with E-state index in [-0.39, 0.29) is 25.0 Å². The number of carbonyl (C=O) groups is 4. The molecule has 11 heteroatoms. The summed E-state index contributed by atoms with van der Waals surface area (Å²) in [5, 5.41) is 0. The van der Waals surface area contributed by atoms with Gasteiger partial charge in [0.2, 0.25) is 0 Å². The van der Waals surface area contributed by atoms with Crippen molar-refractivity contribution in [1.82, 2.24) is 9.80 Å². The zero-order valence-electron chi connectivity index (χ0n) is 19.6. The molecule has 11 nitrogen and oxygen atoms in total. The van der Waals surface area contributed by atoms with Crippen LogP contribution in [0, 0.1) is 0 Å². The van der Waals surface area contributed by atoms with Gasteiger partial charge < -0.3 is 23.7 Å². The van der Waals surface area contributed by atoms with Crippen LogP contribution in [0.2, 0.25) is 0 Å². The highest BCUT2D eigenvalue weighted by atomic mass is 16.7. The predicted octanol–water partition coefficient (Wildman–Crippen LogP) is 1.62. The van der Waals surface area contributed by atoms with Gasteiger partial charge in [-0.25, -0.2) is 9.59 Å². The molecule has 184 valence electrons. The zero-order valence-corrected chi connectivity index (χ0v) is 19.6. The Labute approximate surface area is 189 Å². The third kappa shape index (κ3) is 14.6. The molecule has 2 heterocycles. The van der Waals surface area contributed by atoms with Crippen molar-refractivity contribution in [3.63, 3.8) is 0 Å². The van der Waals surface area contributed by atoms with Gasteiger partial charge in [0.05, 0.1) is 6.42 Å². The molecule has 0 N–H and O–H groups in total. The standard InChI is InChI=1S/C12H21NO5.C9H15NO4/c1-12(2,3)18-10(14)4-5-13-6-8-16-11(15)17-9-7-13;1-8(11)2-3-10-4-6-13-9(12)14-7-5-10/h4-9H2,1-3H3;2-7H2,1H3. The molecule has 32 heavy (non-hydrogen) atoms. The molecule has 0 aromatic carbocycles. The summed E-state index contributed by atoms with van der Waals surface area (Å²) in [6, 6.07) is 0. The number of esters is 1. The van der Waals surface area contributed by atoms with E-state index in [0.717, 1.165) is 0 Å². The van der Waals surface area contributed by atoms with Gasteiger partial charge in [0, 0.05) is 45.7 Å². The molecule has 2 aliphatic heterocycles. The average Bonchev–Trinajstić information content (AvgIpc) is 2.64. The summed E-state index contributed by atoms with van der Waals surface area (Å²) >= 11 is 0. The zero-order chi connectivity index (χ0) is 24.0. The molecule has 2 rings (SSSR count). The Hall–Kier alpha value is -2.40. The van der Waals surface area contributed by atoms with Crippen molar-refractivity contribution < 1.29 is 42.9 Å². The van der Waals surface area contributed by atoms with Crippen molar-refractivity contribution in [2.45, 2.75) is 46.1 Å². The minimum absolute atomic E-state index is 0.171. The SMILES string of the molecule is CC(=O)CCN1CCOC(=O)OCC1.CC(C)(C)OC(=O)CCN1CCOC(=O)OCC1. The lowest BCUT2D eigenvalue weighted by molar-refractivity contribution is -0.155. The normalized spacial score (nSPS) is 18.6. The summed E-state index contributed by atoms with van der Waals surface area (Å²) in [5.41, 5.74) is -0.452. The molecular formula is C21H36N2O9. The Morgan fingerprint density at radius 3 is 1.50 bits per heavy atom. The van der Waals surface area contributed by atoms with Gasteiger partial charge in [-0.3, -0.25) is 19.4 Å². The van der Waals surface area contributed by atoms with E-state index in [1.54, 1.807) is 6.92 Å². The highest BCUT2D eigenvalue weighted by molar-refractivity contribution is 5.75. The summed E-state index contributed by atoms with van der Waals surface area (Å²) in [7, 11) is 0. The van der Waals surface area contributed by atoms with Gasteiger partial charge in [-0.15, -0.1) is 0 Å². The van der Waals surface area contributed by atoms with Crippen molar-refractivity contribution >= 4 is 24.1 Å². The Balaban J connectivity index is 0.000000330. The number of ether oxygens (including phenoxy) is 5. The maximum atomic E-state index is 11.5. The van der Waals surface area contributed by atoms with E-state index in [1.807, 2.05) is 30.6 Å². The van der Waals surface area contributed by atoms with Crippen LogP contribution in [-0.2, 0) is 33.3 Å². The number of nitrogens with zero attached hydrogens (tertiary/aromatic N) is 2. The molecule has 0 atom stereocenters. The van der Waals surface area contributed by atoms with Crippen molar-refractivity contribution in [2.75, 3.05) is 65.7 Å².